The molecule has 56 heavy (non-hydrogen) atoms. The number of nitrogens with zero attached hydrogens (tertiary/aromatic N) is 4. The number of ether oxygens (including phenoxy) is 3. The van der Waals surface area contributed by atoms with E-state index in [4.69, 9.17) is 36.2 Å². The second-order valence-corrected chi connectivity index (χ2v) is 11.3. The van der Waals surface area contributed by atoms with Gasteiger partial charge < -0.3 is 19.3 Å². The number of ketones is 5. The van der Waals surface area contributed by atoms with Crippen LogP contribution in [0.3, 0.4) is 0 Å². The molecular formula is C34H27ClN4O17. The second-order valence-electron chi connectivity index (χ2n) is 11.0. The maximum absolute atomic E-state index is 11.8. The van der Waals surface area contributed by atoms with E-state index >= 15 is 0 Å². The number of non-ortho nitro benzene ring substituents is 3. The smallest absolute Gasteiger partial charge is 0.376 e. The molecule has 3 unspecified atom stereocenters. The number of nitro groups is 3. The maximum Gasteiger partial charge on any atom is 0.376 e. The van der Waals surface area contributed by atoms with Crippen LogP contribution in [0.2, 0.25) is 0 Å². The average Bonchev–Trinajstić information content (AvgIpc) is 3.13. The van der Waals surface area contributed by atoms with E-state index in [9.17, 15) is 63.9 Å². The Morgan fingerprint density at radius 1 is 0.643 bits per heavy atom. The van der Waals surface area contributed by atoms with Gasteiger partial charge in [0.2, 0.25) is 0 Å². The summed E-state index contributed by atoms with van der Waals surface area (Å²) in [5, 5.41) is 47.9. The number of carboxylic acid groups (broad SMARTS) is 1. The normalized spacial score (nSPS) is 16.9. The lowest BCUT2D eigenvalue weighted by atomic mass is 9.98. The number of rotatable bonds is 7. The van der Waals surface area contributed by atoms with Crippen molar-refractivity contribution in [1.29, 1.82) is 5.26 Å². The van der Waals surface area contributed by atoms with Gasteiger partial charge in [-0.05, 0) is 29.8 Å². The molecule has 0 bridgehead atoms. The molecule has 0 saturated heterocycles. The molecule has 6 rings (SSSR count). The summed E-state index contributed by atoms with van der Waals surface area (Å²) in [5.41, 5.74) is -0.561. The number of nitriles is 1. The number of Topliss-reactive ketones (excluding diaryl/α,β-unsaturated/α-hetero) is 5. The Morgan fingerprint density at radius 2 is 0.964 bits per heavy atom. The molecule has 0 aliphatic carbocycles. The van der Waals surface area contributed by atoms with Gasteiger partial charge >= 0.3 is 5.97 Å². The number of nitro benzene ring substituents is 3. The van der Waals surface area contributed by atoms with E-state index in [-0.39, 0.29) is 78.7 Å². The molecule has 0 spiro atoms. The van der Waals surface area contributed by atoms with E-state index in [1.165, 1.54) is 36.4 Å². The number of aliphatic carboxylic acids is 1. The van der Waals surface area contributed by atoms with E-state index in [1.54, 1.807) is 0 Å². The SMILES string of the molecule is C.C.N#CC(=O)C1CC(=O)c2cc([N+](=O)[O-])ccc2O1.O=C(O)C(=O)C1CC(=O)c2cc([N+](=O)[O-])ccc2O1.O=C1CC(C(=O)Cl)Oc2ccc([N+](=O)[O-])cc21. The third-order valence-electron chi connectivity index (χ3n) is 7.50. The molecule has 21 nitrogen and oxygen atoms in total. The lowest BCUT2D eigenvalue weighted by Crippen LogP contribution is -2.38. The molecule has 292 valence electrons. The summed E-state index contributed by atoms with van der Waals surface area (Å²) in [7, 11) is 0. The molecule has 0 radical (unpaired) electrons. The zero-order chi connectivity index (χ0) is 40.0. The largest absolute Gasteiger partial charge is 0.481 e. The molecule has 3 atom stereocenters. The molecule has 0 amide bonds. The van der Waals surface area contributed by atoms with Crippen LogP contribution >= 0.6 is 11.6 Å². The van der Waals surface area contributed by atoms with Crippen molar-refractivity contribution in [2.45, 2.75) is 52.4 Å². The van der Waals surface area contributed by atoms with E-state index < -0.39 is 79.6 Å². The summed E-state index contributed by atoms with van der Waals surface area (Å²) in [6.45, 7) is 0. The highest BCUT2D eigenvalue weighted by molar-refractivity contribution is 6.64. The molecule has 0 fully saturated rings. The van der Waals surface area contributed by atoms with Gasteiger partial charge in [-0.1, -0.05) is 14.9 Å². The van der Waals surface area contributed by atoms with Gasteiger partial charge in [0.25, 0.3) is 33.9 Å². The minimum atomic E-state index is -1.69. The fourth-order valence-electron chi connectivity index (χ4n) is 4.91. The van der Waals surface area contributed by atoms with Crippen LogP contribution in [0.4, 0.5) is 17.1 Å². The summed E-state index contributed by atoms with van der Waals surface area (Å²) in [6.07, 6.45) is -4.45. The second kappa shape index (κ2) is 18.5. The number of carboxylic acids is 1. The lowest BCUT2D eigenvalue weighted by molar-refractivity contribution is -0.385. The molecule has 0 saturated carbocycles. The van der Waals surface area contributed by atoms with Crippen LogP contribution < -0.4 is 14.2 Å². The van der Waals surface area contributed by atoms with Crippen molar-refractivity contribution in [3.63, 3.8) is 0 Å². The van der Waals surface area contributed by atoms with E-state index in [1.807, 2.05) is 0 Å². The quantitative estimate of drug-likeness (QED) is 0.112. The Hall–Kier alpha value is -7.47. The van der Waals surface area contributed by atoms with E-state index in [0.717, 1.165) is 24.3 Å². The van der Waals surface area contributed by atoms with Crippen molar-refractivity contribution in [3.8, 4) is 23.3 Å². The molecular weight excluding hydrogens is 772 g/mol. The van der Waals surface area contributed by atoms with Gasteiger partial charge in [-0.2, -0.15) is 5.26 Å². The van der Waals surface area contributed by atoms with Crippen LogP contribution in [0.1, 0.15) is 65.2 Å². The molecule has 3 aliphatic rings. The van der Waals surface area contributed by atoms with Crippen molar-refractivity contribution in [2.75, 3.05) is 0 Å². The van der Waals surface area contributed by atoms with E-state index in [2.05, 4.69) is 0 Å². The third kappa shape index (κ3) is 10.1. The first-order chi connectivity index (χ1) is 25.4. The first-order valence-electron chi connectivity index (χ1n) is 14.8. The molecule has 22 heteroatoms. The van der Waals surface area contributed by atoms with Crippen LogP contribution in [0.25, 0.3) is 0 Å². The van der Waals surface area contributed by atoms with Crippen molar-refractivity contribution in [2.24, 2.45) is 0 Å². The maximum atomic E-state index is 11.8. The number of carbonyl (C=O) groups is 7. The fourth-order valence-corrected chi connectivity index (χ4v) is 5.03. The zero-order valence-electron chi connectivity index (χ0n) is 26.7. The molecule has 0 aromatic heterocycles. The summed E-state index contributed by atoms with van der Waals surface area (Å²) < 4.78 is 15.4. The van der Waals surface area contributed by atoms with Crippen molar-refractivity contribution < 1.29 is 67.6 Å². The van der Waals surface area contributed by atoms with Gasteiger partial charge in [0.05, 0.1) is 50.7 Å². The summed E-state index contributed by atoms with van der Waals surface area (Å²) >= 11 is 5.25. The Morgan fingerprint density at radius 3 is 1.29 bits per heavy atom. The minimum Gasteiger partial charge on any atom is -0.481 e. The van der Waals surface area contributed by atoms with Gasteiger partial charge in [0, 0.05) is 36.4 Å². The summed E-state index contributed by atoms with van der Waals surface area (Å²) in [4.78, 5) is 109. The Balaban J connectivity index is 0.000000285. The standard InChI is InChI=1S/C11H6N2O5.C11H7NO7.C10H6ClNO5.2CH4/c12-5-9(15)11-4-8(14)7-3-6(13(16)17)1-2-10(7)18-11;13-7-4-9(10(14)11(15)16)19-8-2-1-5(12(17)18)3-6(7)8;11-10(14)9-4-7(13)6-3-5(12(15)16)1-2-8(6)17-9;;/h1-3,11H,4H2;1-3,9H,4H2,(H,15,16);1-3,9H,4H2;2*1H4. The minimum absolute atomic E-state index is 0. The predicted octanol–water partition coefficient (Wildman–Crippen LogP) is 4.57. The summed E-state index contributed by atoms with van der Waals surface area (Å²) in [6, 6.07) is 11.9. The fraction of sp³-hybridized carbons (Fsp3) is 0.235. The van der Waals surface area contributed by atoms with Crippen LogP contribution in [-0.4, -0.2) is 78.3 Å². The molecule has 3 aliphatic heterocycles. The Labute approximate surface area is 318 Å². The number of carbonyl (C=O) groups excluding carboxylic acids is 6. The number of fused-ring (bicyclic) bond motifs is 3. The highest BCUT2D eigenvalue weighted by Crippen LogP contribution is 2.33. The predicted molar refractivity (Wildman–Crippen MR) is 187 cm³/mol. The van der Waals surface area contributed by atoms with Crippen LogP contribution in [0.5, 0.6) is 17.2 Å². The molecule has 3 heterocycles. The monoisotopic (exact) mass is 798 g/mol. The Bertz CT molecular complexity index is 2230. The molecule has 3 aromatic carbocycles. The van der Waals surface area contributed by atoms with Gasteiger partial charge in [-0.3, -0.25) is 59.1 Å². The number of hydrogen-bond donors (Lipinski definition) is 1. The van der Waals surface area contributed by atoms with Crippen molar-refractivity contribution in [3.05, 3.63) is 102 Å². The van der Waals surface area contributed by atoms with Crippen molar-refractivity contribution in [1.82, 2.24) is 0 Å². The van der Waals surface area contributed by atoms with Crippen LogP contribution in [0, 0.1) is 41.7 Å². The molecule has 1 N–H and O–H groups in total. The zero-order valence-corrected chi connectivity index (χ0v) is 27.5. The van der Waals surface area contributed by atoms with Gasteiger partial charge in [0.1, 0.15) is 23.3 Å². The Kier molecular flexibility index (Phi) is 14.8. The number of hydrogen-bond acceptors (Lipinski definition) is 17. The first-order valence-corrected chi connectivity index (χ1v) is 15.1. The first kappa shape index (κ1) is 44.7. The van der Waals surface area contributed by atoms with Gasteiger partial charge in [-0.15, -0.1) is 0 Å². The lowest BCUT2D eigenvalue weighted by Gasteiger charge is -2.22. The summed E-state index contributed by atoms with van der Waals surface area (Å²) in [5.74, 6) is -4.96. The number of halogens is 1. The number of benzene rings is 3. The van der Waals surface area contributed by atoms with Crippen LogP contribution in [0.15, 0.2) is 54.6 Å². The van der Waals surface area contributed by atoms with Crippen LogP contribution in [-0.2, 0) is 19.2 Å². The average molecular weight is 799 g/mol. The highest BCUT2D eigenvalue weighted by Gasteiger charge is 2.36. The van der Waals surface area contributed by atoms with Gasteiger partial charge in [0.15, 0.2) is 35.7 Å². The van der Waals surface area contributed by atoms with E-state index in [0.29, 0.717) is 0 Å². The topological polar surface area (TPSA) is 321 Å². The molecule has 3 aromatic rings. The van der Waals surface area contributed by atoms with Gasteiger partial charge in [-0.25, -0.2) is 4.79 Å². The van der Waals surface area contributed by atoms with Crippen molar-refractivity contribution >= 4 is 68.8 Å². The highest BCUT2D eigenvalue weighted by atomic mass is 35.5. The third-order valence-corrected chi connectivity index (χ3v) is 7.75.